The molecule has 0 N–H and O–H groups in total. The fraction of sp³-hybridized carbons (Fsp3) is 0.237. The van der Waals surface area contributed by atoms with E-state index in [1.807, 2.05) is 24.3 Å². The van der Waals surface area contributed by atoms with Crippen molar-refractivity contribution in [3.63, 3.8) is 0 Å². The molecule has 0 atom stereocenters. The van der Waals surface area contributed by atoms with Crippen LogP contribution in [0.4, 0.5) is 4.79 Å². The second-order valence-electron chi connectivity index (χ2n) is 12.9. The molecule has 1 saturated heterocycles. The normalized spacial score (nSPS) is 14.2. The molecule has 0 amide bonds. The van der Waals surface area contributed by atoms with Gasteiger partial charge in [0.05, 0.1) is 34.9 Å². The smallest absolute Gasteiger partial charge is 0.418 e. The summed E-state index contributed by atoms with van der Waals surface area (Å²) in [6, 6.07) is 26.7. The number of hydrogen-bond acceptors (Lipinski definition) is 8. The first-order valence-corrected chi connectivity index (χ1v) is 17.4. The lowest BCUT2D eigenvalue weighted by Crippen LogP contribution is -2.26. The van der Waals surface area contributed by atoms with E-state index in [1.165, 1.54) is 8.54 Å². The Morgan fingerprint density at radius 2 is 1.71 bits per heavy atom. The van der Waals surface area contributed by atoms with Gasteiger partial charge >= 0.3 is 6.09 Å². The standard InChI is InChI=1S/C38H34N4O6S/c1-38(2,3)48-37(43)41-18-14-27-22-26(9-11-33(27)41)34-23-32-31(13-17-40-36(32)42(34)49(44,45)30-7-5-4-6-8-30)25-10-12-35(28(21-25)24-39)47-29-15-19-46-20-16-29/h4-14,17-18,21-23,29H,15-16,19-20H2,1-3H3. The summed E-state index contributed by atoms with van der Waals surface area (Å²) in [6.07, 6.45) is 4.17. The highest BCUT2D eigenvalue weighted by atomic mass is 32.2. The van der Waals surface area contributed by atoms with Crippen molar-refractivity contribution in [2.24, 2.45) is 0 Å². The Bertz CT molecular complexity index is 2360. The van der Waals surface area contributed by atoms with Crippen LogP contribution < -0.4 is 4.74 Å². The lowest BCUT2D eigenvalue weighted by molar-refractivity contribution is 0.0254. The third-order valence-electron chi connectivity index (χ3n) is 8.39. The van der Waals surface area contributed by atoms with E-state index in [2.05, 4.69) is 11.1 Å². The summed E-state index contributed by atoms with van der Waals surface area (Å²) >= 11 is 0. The number of carbonyl (C=O) groups excluding carboxylic acids is 1. The molecule has 3 aromatic carbocycles. The van der Waals surface area contributed by atoms with Gasteiger partial charge in [0.25, 0.3) is 10.0 Å². The molecule has 4 heterocycles. The molecule has 0 bridgehead atoms. The van der Waals surface area contributed by atoms with Crippen molar-refractivity contribution in [3.8, 4) is 34.2 Å². The van der Waals surface area contributed by atoms with Crippen molar-refractivity contribution < 1.29 is 27.4 Å². The van der Waals surface area contributed by atoms with Gasteiger partial charge in [0.2, 0.25) is 0 Å². The number of pyridine rings is 1. The predicted octanol–water partition coefficient (Wildman–Crippen LogP) is 7.77. The second-order valence-corrected chi connectivity index (χ2v) is 14.7. The molecule has 0 unspecified atom stereocenters. The Kier molecular flexibility index (Phi) is 8.22. The topological polar surface area (TPSA) is 125 Å². The van der Waals surface area contributed by atoms with Crippen LogP contribution in [0.25, 0.3) is 44.3 Å². The fourth-order valence-electron chi connectivity index (χ4n) is 6.10. The Labute approximate surface area is 284 Å². The third-order valence-corrected chi connectivity index (χ3v) is 10.1. The molecular formula is C38H34N4O6S. The van der Waals surface area contributed by atoms with E-state index < -0.39 is 21.7 Å². The van der Waals surface area contributed by atoms with Crippen LogP contribution in [0.3, 0.4) is 0 Å². The number of fused-ring (bicyclic) bond motifs is 2. The van der Waals surface area contributed by atoms with Gasteiger partial charge in [-0.25, -0.2) is 22.2 Å². The van der Waals surface area contributed by atoms with Crippen LogP contribution in [0.5, 0.6) is 5.75 Å². The average molecular weight is 675 g/mol. The number of nitrogens with zero attached hydrogens (tertiary/aromatic N) is 4. The summed E-state index contributed by atoms with van der Waals surface area (Å²) < 4.78 is 48.6. The van der Waals surface area contributed by atoms with E-state index in [4.69, 9.17) is 14.2 Å². The number of ether oxygens (including phenoxy) is 3. The van der Waals surface area contributed by atoms with Crippen molar-refractivity contribution in [1.29, 1.82) is 5.26 Å². The zero-order valence-electron chi connectivity index (χ0n) is 27.3. The summed E-state index contributed by atoms with van der Waals surface area (Å²) in [5, 5.41) is 11.4. The minimum atomic E-state index is -4.13. The molecule has 7 rings (SSSR count). The number of hydrogen-bond donors (Lipinski definition) is 0. The maximum atomic E-state index is 14.4. The SMILES string of the molecule is CC(C)(C)OC(=O)n1ccc2cc(-c3cc4c(-c5ccc(OC6CCOCC6)c(C#N)c5)ccnc4n3S(=O)(=O)c3ccccc3)ccc21. The van der Waals surface area contributed by atoms with Crippen LogP contribution in [-0.2, 0) is 19.5 Å². The predicted molar refractivity (Wildman–Crippen MR) is 186 cm³/mol. The highest BCUT2D eigenvalue weighted by Crippen LogP contribution is 2.38. The molecule has 1 fully saturated rings. The van der Waals surface area contributed by atoms with E-state index in [0.717, 1.165) is 18.2 Å². The number of rotatable bonds is 6. The van der Waals surface area contributed by atoms with Crippen LogP contribution in [0.2, 0.25) is 0 Å². The Balaban J connectivity index is 1.38. The zero-order valence-corrected chi connectivity index (χ0v) is 28.1. The van der Waals surface area contributed by atoms with Gasteiger partial charge in [-0.2, -0.15) is 5.26 Å². The van der Waals surface area contributed by atoms with Gasteiger partial charge < -0.3 is 14.2 Å². The van der Waals surface area contributed by atoms with Gasteiger partial charge in [0, 0.05) is 41.6 Å². The number of aromatic nitrogens is 3. The first-order valence-electron chi connectivity index (χ1n) is 16.0. The van der Waals surface area contributed by atoms with E-state index in [-0.39, 0.29) is 16.6 Å². The van der Waals surface area contributed by atoms with Crippen molar-refractivity contribution in [2.75, 3.05) is 13.2 Å². The Hall–Kier alpha value is -5.44. The Morgan fingerprint density at radius 1 is 0.959 bits per heavy atom. The van der Waals surface area contributed by atoms with E-state index in [9.17, 15) is 18.5 Å². The molecule has 6 aromatic rings. The van der Waals surface area contributed by atoms with Gasteiger partial charge in [-0.05, 0) is 86.5 Å². The van der Waals surface area contributed by atoms with Gasteiger partial charge in [-0.3, -0.25) is 4.57 Å². The van der Waals surface area contributed by atoms with E-state index in [1.54, 1.807) is 93.8 Å². The average Bonchev–Trinajstić information content (AvgIpc) is 3.71. The summed E-state index contributed by atoms with van der Waals surface area (Å²) in [5.41, 5.74) is 3.00. The number of benzene rings is 3. The molecule has 0 radical (unpaired) electrons. The molecule has 0 spiro atoms. The molecule has 0 aliphatic carbocycles. The molecule has 248 valence electrons. The van der Waals surface area contributed by atoms with Crippen molar-refractivity contribution in [3.05, 3.63) is 103 Å². The van der Waals surface area contributed by atoms with Gasteiger partial charge in [0.1, 0.15) is 23.5 Å². The maximum Gasteiger partial charge on any atom is 0.418 e. The summed E-state index contributed by atoms with van der Waals surface area (Å²) in [4.78, 5) is 17.6. The van der Waals surface area contributed by atoms with E-state index >= 15 is 0 Å². The lowest BCUT2D eigenvalue weighted by atomic mass is 10.0. The maximum absolute atomic E-state index is 14.4. The van der Waals surface area contributed by atoms with Gasteiger partial charge in [-0.15, -0.1) is 0 Å². The third kappa shape index (κ3) is 6.17. The van der Waals surface area contributed by atoms with Gasteiger partial charge in [-0.1, -0.05) is 30.3 Å². The van der Waals surface area contributed by atoms with Crippen molar-refractivity contribution in [1.82, 2.24) is 13.5 Å². The molecular weight excluding hydrogens is 641 g/mol. The number of nitriles is 1. The zero-order chi connectivity index (χ0) is 34.3. The van der Waals surface area contributed by atoms with Crippen LogP contribution in [0.1, 0.15) is 39.2 Å². The largest absolute Gasteiger partial charge is 0.489 e. The van der Waals surface area contributed by atoms with Gasteiger partial charge in [0.15, 0.2) is 5.65 Å². The highest BCUT2D eigenvalue weighted by molar-refractivity contribution is 7.90. The minimum absolute atomic E-state index is 0.0301. The molecule has 1 aliphatic heterocycles. The molecule has 0 saturated carbocycles. The summed E-state index contributed by atoms with van der Waals surface area (Å²) in [5.74, 6) is 0.500. The van der Waals surface area contributed by atoms with Crippen molar-refractivity contribution in [2.45, 2.75) is 50.2 Å². The molecule has 11 heteroatoms. The summed E-state index contributed by atoms with van der Waals surface area (Å²) in [6.45, 7) is 6.65. The summed E-state index contributed by atoms with van der Waals surface area (Å²) in [7, 11) is -4.13. The quantitative estimate of drug-likeness (QED) is 0.175. The molecule has 49 heavy (non-hydrogen) atoms. The first kappa shape index (κ1) is 32.1. The van der Waals surface area contributed by atoms with Crippen LogP contribution in [-0.4, -0.2) is 53.0 Å². The van der Waals surface area contributed by atoms with Crippen LogP contribution >= 0.6 is 0 Å². The fourth-order valence-corrected chi connectivity index (χ4v) is 7.60. The number of carbonyl (C=O) groups is 1. The Morgan fingerprint density at radius 3 is 2.45 bits per heavy atom. The minimum Gasteiger partial charge on any atom is -0.489 e. The first-order chi connectivity index (χ1) is 23.5. The second kappa shape index (κ2) is 12.5. The molecule has 1 aliphatic rings. The molecule has 10 nitrogen and oxygen atoms in total. The van der Waals surface area contributed by atoms with Crippen LogP contribution in [0, 0.1) is 11.3 Å². The molecule has 3 aromatic heterocycles. The van der Waals surface area contributed by atoms with E-state index in [0.29, 0.717) is 57.8 Å². The monoisotopic (exact) mass is 674 g/mol. The lowest BCUT2D eigenvalue weighted by Gasteiger charge is -2.23. The van der Waals surface area contributed by atoms with Crippen LogP contribution in [0.15, 0.2) is 102 Å². The highest BCUT2D eigenvalue weighted by Gasteiger charge is 2.27. The van der Waals surface area contributed by atoms with Crippen molar-refractivity contribution >= 4 is 38.1 Å².